The summed E-state index contributed by atoms with van der Waals surface area (Å²) in [7, 11) is 0. The number of nitrogens with one attached hydrogen (secondary N) is 1. The van der Waals surface area contributed by atoms with E-state index in [-0.39, 0.29) is 6.10 Å². The molecule has 1 aromatic heterocycles. The van der Waals surface area contributed by atoms with Crippen LogP contribution < -0.4 is 5.32 Å². The summed E-state index contributed by atoms with van der Waals surface area (Å²) in [5.74, 6) is 0. The molecule has 15 heavy (non-hydrogen) atoms. The third kappa shape index (κ3) is 2.91. The molecule has 0 spiro atoms. The molecule has 0 amide bonds. The molecule has 0 aliphatic carbocycles. The Balaban J connectivity index is 1.94. The highest BCUT2D eigenvalue weighted by molar-refractivity contribution is 6.29. The molecule has 1 aliphatic rings. The third-order valence-corrected chi connectivity index (χ3v) is 2.85. The second-order valence-corrected chi connectivity index (χ2v) is 4.19. The molecule has 2 heterocycles. The Kier molecular flexibility index (Phi) is 3.57. The molecule has 1 saturated heterocycles. The standard InChI is InChI=1S/C11H15ClN2O/c1-8(15-10-4-5-13-7-10)9-2-3-11(12)14-6-9/h2-3,6,8,10,13H,4-5,7H2,1H3/t8-,10+/m1/s1. The summed E-state index contributed by atoms with van der Waals surface area (Å²) in [6, 6.07) is 3.76. The Morgan fingerprint density at radius 3 is 3.07 bits per heavy atom. The molecule has 1 aromatic rings. The van der Waals surface area contributed by atoms with Crippen LogP contribution in [-0.2, 0) is 4.74 Å². The third-order valence-electron chi connectivity index (χ3n) is 2.63. The number of halogens is 1. The van der Waals surface area contributed by atoms with E-state index >= 15 is 0 Å². The molecule has 0 saturated carbocycles. The fraction of sp³-hybridized carbons (Fsp3) is 0.545. The van der Waals surface area contributed by atoms with E-state index in [1.807, 2.05) is 13.0 Å². The maximum atomic E-state index is 5.89. The van der Waals surface area contributed by atoms with Gasteiger partial charge in [0.25, 0.3) is 0 Å². The van der Waals surface area contributed by atoms with Crippen LogP contribution in [-0.4, -0.2) is 24.2 Å². The second kappa shape index (κ2) is 4.92. The minimum Gasteiger partial charge on any atom is -0.369 e. The minimum absolute atomic E-state index is 0.0830. The SMILES string of the molecule is C[C@@H](O[C@H]1CCNC1)c1ccc(Cl)nc1. The van der Waals surface area contributed by atoms with Gasteiger partial charge in [-0.25, -0.2) is 4.98 Å². The fourth-order valence-electron chi connectivity index (χ4n) is 1.74. The summed E-state index contributed by atoms with van der Waals surface area (Å²) in [5.41, 5.74) is 1.08. The first kappa shape index (κ1) is 10.9. The fourth-order valence-corrected chi connectivity index (χ4v) is 1.85. The number of aromatic nitrogens is 1. The van der Waals surface area contributed by atoms with Gasteiger partial charge in [0, 0.05) is 12.7 Å². The predicted molar refractivity (Wildman–Crippen MR) is 60.0 cm³/mol. The lowest BCUT2D eigenvalue weighted by Crippen LogP contribution is -2.18. The van der Waals surface area contributed by atoms with E-state index in [1.54, 1.807) is 12.3 Å². The first-order chi connectivity index (χ1) is 7.25. The van der Waals surface area contributed by atoms with Gasteiger partial charge in [0.1, 0.15) is 5.15 Å². The molecule has 0 unspecified atom stereocenters. The quantitative estimate of drug-likeness (QED) is 0.803. The van der Waals surface area contributed by atoms with Crippen molar-refractivity contribution in [3.8, 4) is 0 Å². The Morgan fingerprint density at radius 1 is 1.60 bits per heavy atom. The Bertz CT molecular complexity index is 309. The number of pyridine rings is 1. The maximum absolute atomic E-state index is 5.89. The Morgan fingerprint density at radius 2 is 2.47 bits per heavy atom. The molecule has 1 fully saturated rings. The summed E-state index contributed by atoms with van der Waals surface area (Å²) in [5, 5.41) is 3.80. The van der Waals surface area contributed by atoms with Crippen LogP contribution in [0.4, 0.5) is 0 Å². The highest BCUT2D eigenvalue weighted by Crippen LogP contribution is 2.20. The molecule has 2 atom stereocenters. The predicted octanol–water partition coefficient (Wildman–Crippen LogP) is 2.17. The van der Waals surface area contributed by atoms with Gasteiger partial charge in [-0.15, -0.1) is 0 Å². The number of hydrogen-bond donors (Lipinski definition) is 1. The largest absolute Gasteiger partial charge is 0.369 e. The lowest BCUT2D eigenvalue weighted by Gasteiger charge is -2.17. The van der Waals surface area contributed by atoms with E-state index in [0.717, 1.165) is 25.1 Å². The highest BCUT2D eigenvalue weighted by Gasteiger charge is 2.18. The molecular formula is C11H15ClN2O. The summed E-state index contributed by atoms with van der Waals surface area (Å²) in [6.45, 7) is 4.05. The van der Waals surface area contributed by atoms with Gasteiger partial charge in [-0.3, -0.25) is 0 Å². The topological polar surface area (TPSA) is 34.1 Å². The highest BCUT2D eigenvalue weighted by atomic mass is 35.5. The van der Waals surface area contributed by atoms with Gasteiger partial charge in [-0.05, 0) is 31.5 Å². The zero-order chi connectivity index (χ0) is 10.7. The van der Waals surface area contributed by atoms with Gasteiger partial charge >= 0.3 is 0 Å². The van der Waals surface area contributed by atoms with Crippen molar-refractivity contribution in [2.75, 3.05) is 13.1 Å². The van der Waals surface area contributed by atoms with Crippen molar-refractivity contribution in [3.63, 3.8) is 0 Å². The summed E-state index contributed by atoms with van der Waals surface area (Å²) in [6.07, 6.45) is 3.27. The van der Waals surface area contributed by atoms with E-state index in [0.29, 0.717) is 11.3 Å². The monoisotopic (exact) mass is 226 g/mol. The average Bonchev–Trinajstić information content (AvgIpc) is 2.71. The minimum atomic E-state index is 0.0830. The first-order valence-corrected chi connectivity index (χ1v) is 5.61. The van der Waals surface area contributed by atoms with Crippen LogP contribution in [0.25, 0.3) is 0 Å². The molecule has 1 N–H and O–H groups in total. The van der Waals surface area contributed by atoms with Gasteiger partial charge < -0.3 is 10.1 Å². The van der Waals surface area contributed by atoms with Crippen molar-refractivity contribution >= 4 is 11.6 Å². The van der Waals surface area contributed by atoms with Gasteiger partial charge in [-0.2, -0.15) is 0 Å². The number of hydrogen-bond acceptors (Lipinski definition) is 3. The molecule has 0 aromatic carbocycles. The van der Waals surface area contributed by atoms with Crippen molar-refractivity contribution in [2.24, 2.45) is 0 Å². The van der Waals surface area contributed by atoms with E-state index in [2.05, 4.69) is 10.3 Å². The van der Waals surface area contributed by atoms with Crippen molar-refractivity contribution < 1.29 is 4.74 Å². The van der Waals surface area contributed by atoms with Gasteiger partial charge in [0.15, 0.2) is 0 Å². The molecule has 82 valence electrons. The second-order valence-electron chi connectivity index (χ2n) is 3.81. The normalized spacial score (nSPS) is 22.9. The van der Waals surface area contributed by atoms with Crippen molar-refractivity contribution in [3.05, 3.63) is 29.0 Å². The van der Waals surface area contributed by atoms with Crippen LogP contribution in [0, 0.1) is 0 Å². The zero-order valence-corrected chi connectivity index (χ0v) is 9.50. The molecule has 1 aliphatic heterocycles. The smallest absolute Gasteiger partial charge is 0.129 e. The van der Waals surface area contributed by atoms with E-state index in [1.165, 1.54) is 0 Å². The molecule has 2 rings (SSSR count). The van der Waals surface area contributed by atoms with Crippen LogP contribution in [0.5, 0.6) is 0 Å². The van der Waals surface area contributed by atoms with Crippen LogP contribution in [0.1, 0.15) is 25.0 Å². The number of ether oxygens (including phenoxy) is 1. The zero-order valence-electron chi connectivity index (χ0n) is 8.74. The lowest BCUT2D eigenvalue weighted by atomic mass is 10.2. The van der Waals surface area contributed by atoms with Gasteiger partial charge in [0.05, 0.1) is 12.2 Å². The van der Waals surface area contributed by atoms with Crippen LogP contribution >= 0.6 is 11.6 Å². The summed E-state index contributed by atoms with van der Waals surface area (Å²) >= 11 is 5.72. The lowest BCUT2D eigenvalue weighted by molar-refractivity contribution is 0.00812. The Labute approximate surface area is 94.8 Å². The van der Waals surface area contributed by atoms with Crippen molar-refractivity contribution in [2.45, 2.75) is 25.6 Å². The molecule has 0 radical (unpaired) electrons. The molecular weight excluding hydrogens is 212 g/mol. The summed E-state index contributed by atoms with van der Waals surface area (Å²) in [4.78, 5) is 4.04. The summed E-state index contributed by atoms with van der Waals surface area (Å²) < 4.78 is 5.89. The molecule has 0 bridgehead atoms. The Hall–Kier alpha value is -0.640. The van der Waals surface area contributed by atoms with E-state index in [4.69, 9.17) is 16.3 Å². The molecule has 3 nitrogen and oxygen atoms in total. The number of nitrogens with zero attached hydrogens (tertiary/aromatic N) is 1. The first-order valence-electron chi connectivity index (χ1n) is 5.23. The average molecular weight is 227 g/mol. The number of rotatable bonds is 3. The van der Waals surface area contributed by atoms with Crippen molar-refractivity contribution in [1.82, 2.24) is 10.3 Å². The maximum Gasteiger partial charge on any atom is 0.129 e. The van der Waals surface area contributed by atoms with Gasteiger partial charge in [0.2, 0.25) is 0 Å². The van der Waals surface area contributed by atoms with Crippen LogP contribution in [0.15, 0.2) is 18.3 Å². The van der Waals surface area contributed by atoms with Gasteiger partial charge in [-0.1, -0.05) is 17.7 Å². The van der Waals surface area contributed by atoms with Crippen LogP contribution in [0.3, 0.4) is 0 Å². The molecule has 4 heteroatoms. The van der Waals surface area contributed by atoms with E-state index < -0.39 is 0 Å². The van der Waals surface area contributed by atoms with Crippen molar-refractivity contribution in [1.29, 1.82) is 0 Å². The van der Waals surface area contributed by atoms with E-state index in [9.17, 15) is 0 Å². The van der Waals surface area contributed by atoms with Crippen LogP contribution in [0.2, 0.25) is 5.15 Å².